The minimum Gasteiger partial charge on any atom is -0.431 e. The minimum absolute atomic E-state index is 0.160. The van der Waals surface area contributed by atoms with E-state index < -0.39 is 18.4 Å². The predicted octanol–water partition coefficient (Wildman–Crippen LogP) is 2.90. The number of pyridine rings is 1. The van der Waals surface area contributed by atoms with E-state index in [9.17, 15) is 18.0 Å². The molecule has 0 fully saturated rings. The highest BCUT2D eigenvalue weighted by Gasteiger charge is 2.48. The molecule has 4 nitrogen and oxygen atoms in total. The summed E-state index contributed by atoms with van der Waals surface area (Å²) < 4.78 is 41.9. The average Bonchev–Trinajstić information content (AvgIpc) is 2.15. The van der Waals surface area contributed by atoms with Crippen molar-refractivity contribution in [3.63, 3.8) is 0 Å². The molecule has 86 valence electrons. The molecule has 1 aliphatic heterocycles. The van der Waals surface area contributed by atoms with Gasteiger partial charge in [-0.3, -0.25) is 5.32 Å². The Kier molecular flexibility index (Phi) is 2.42. The second-order valence-electron chi connectivity index (χ2n) is 3.01. The molecule has 2 rings (SSSR count). The lowest BCUT2D eigenvalue weighted by molar-refractivity contribution is -0.206. The van der Waals surface area contributed by atoms with Crippen molar-refractivity contribution >= 4 is 23.5 Å². The molecule has 0 saturated carbocycles. The zero-order chi connectivity index (χ0) is 11.9. The Labute approximate surface area is 92.4 Å². The summed E-state index contributed by atoms with van der Waals surface area (Å²) in [6.45, 7) is 0. The lowest BCUT2D eigenvalue weighted by Crippen LogP contribution is -2.34. The standard InChI is InChI=1S/C8H4ClF3N2O2/c9-3-1-2-13-6-4(3)5(8(10,11)12)16-7(15)14-6/h1-2,5H,(H,13,14,15)/t5-/m0/s1. The predicted molar refractivity (Wildman–Crippen MR) is 48.1 cm³/mol. The van der Waals surface area contributed by atoms with Gasteiger partial charge in [0.25, 0.3) is 0 Å². The maximum Gasteiger partial charge on any atom is 0.430 e. The van der Waals surface area contributed by atoms with Crippen LogP contribution in [0.15, 0.2) is 12.3 Å². The van der Waals surface area contributed by atoms with Crippen LogP contribution in [0.3, 0.4) is 0 Å². The molecule has 1 amide bonds. The molecule has 16 heavy (non-hydrogen) atoms. The number of anilines is 1. The number of cyclic esters (lactones) is 1. The van der Waals surface area contributed by atoms with Crippen LogP contribution < -0.4 is 5.32 Å². The number of hydrogen-bond acceptors (Lipinski definition) is 3. The Balaban J connectivity index is 2.56. The molecule has 1 aliphatic rings. The van der Waals surface area contributed by atoms with Gasteiger partial charge in [-0.15, -0.1) is 0 Å². The van der Waals surface area contributed by atoms with Gasteiger partial charge in [-0.25, -0.2) is 9.78 Å². The number of amides is 1. The first-order chi connectivity index (χ1) is 7.39. The molecule has 0 aliphatic carbocycles. The first-order valence-corrected chi connectivity index (χ1v) is 4.46. The molecule has 1 aromatic rings. The van der Waals surface area contributed by atoms with Crippen molar-refractivity contribution in [2.75, 3.05) is 5.32 Å². The maximum absolute atomic E-state index is 12.6. The number of carbonyl (C=O) groups excluding carboxylic acids is 1. The van der Waals surface area contributed by atoms with Crippen molar-refractivity contribution in [3.8, 4) is 0 Å². The van der Waals surface area contributed by atoms with Crippen LogP contribution in [0.4, 0.5) is 23.8 Å². The normalized spacial score (nSPS) is 19.8. The van der Waals surface area contributed by atoms with E-state index in [1.54, 1.807) is 0 Å². The Morgan fingerprint density at radius 3 is 2.81 bits per heavy atom. The van der Waals surface area contributed by atoms with Gasteiger partial charge >= 0.3 is 12.3 Å². The van der Waals surface area contributed by atoms with Gasteiger partial charge in [-0.2, -0.15) is 13.2 Å². The van der Waals surface area contributed by atoms with Gasteiger partial charge in [0.15, 0.2) is 0 Å². The average molecular weight is 253 g/mol. The van der Waals surface area contributed by atoms with Crippen LogP contribution in [0, 0.1) is 0 Å². The highest BCUT2D eigenvalue weighted by Crippen LogP contribution is 2.43. The van der Waals surface area contributed by atoms with E-state index in [0.29, 0.717) is 0 Å². The first kappa shape index (κ1) is 11.0. The molecule has 1 aromatic heterocycles. The van der Waals surface area contributed by atoms with Crippen LogP contribution in [0.1, 0.15) is 11.7 Å². The number of nitrogens with one attached hydrogen (secondary N) is 1. The summed E-state index contributed by atoms with van der Waals surface area (Å²) in [4.78, 5) is 14.5. The van der Waals surface area contributed by atoms with Crippen LogP contribution >= 0.6 is 11.6 Å². The van der Waals surface area contributed by atoms with Gasteiger partial charge in [0.1, 0.15) is 5.82 Å². The fourth-order valence-electron chi connectivity index (χ4n) is 1.32. The van der Waals surface area contributed by atoms with Crippen molar-refractivity contribution in [2.24, 2.45) is 0 Å². The summed E-state index contributed by atoms with van der Waals surface area (Å²) >= 11 is 5.62. The third kappa shape index (κ3) is 1.78. The molecule has 8 heteroatoms. The van der Waals surface area contributed by atoms with Gasteiger partial charge < -0.3 is 4.74 Å². The largest absolute Gasteiger partial charge is 0.431 e. The van der Waals surface area contributed by atoms with Crippen LogP contribution in [0.5, 0.6) is 0 Å². The zero-order valence-electron chi connectivity index (χ0n) is 7.51. The minimum atomic E-state index is -4.72. The summed E-state index contributed by atoms with van der Waals surface area (Å²) in [5.41, 5.74) is -0.378. The number of fused-ring (bicyclic) bond motifs is 1. The SMILES string of the molecule is O=C1Nc2nccc(Cl)c2[C@@H](C(F)(F)F)O1. The topological polar surface area (TPSA) is 51.2 Å². The Morgan fingerprint density at radius 1 is 1.50 bits per heavy atom. The van der Waals surface area contributed by atoms with Crippen molar-refractivity contribution in [1.29, 1.82) is 0 Å². The lowest BCUT2D eigenvalue weighted by atomic mass is 10.1. The van der Waals surface area contributed by atoms with Crippen molar-refractivity contribution in [3.05, 3.63) is 22.8 Å². The number of aromatic nitrogens is 1. The number of nitrogens with zero attached hydrogens (tertiary/aromatic N) is 1. The quantitative estimate of drug-likeness (QED) is 0.772. The van der Waals surface area contributed by atoms with Crippen molar-refractivity contribution < 1.29 is 22.7 Å². The highest BCUT2D eigenvalue weighted by atomic mass is 35.5. The van der Waals surface area contributed by atoms with Gasteiger partial charge in [0.05, 0.1) is 10.6 Å². The molecule has 0 aromatic carbocycles. The molecule has 2 heterocycles. The Bertz CT molecular complexity index is 449. The maximum atomic E-state index is 12.6. The number of hydrogen-bond donors (Lipinski definition) is 1. The second kappa shape index (κ2) is 3.51. The first-order valence-electron chi connectivity index (χ1n) is 4.08. The number of alkyl halides is 3. The number of halogens is 4. The Hall–Kier alpha value is -1.50. The van der Waals surface area contributed by atoms with E-state index in [1.165, 1.54) is 12.3 Å². The summed E-state index contributed by atoms with van der Waals surface area (Å²) in [5.74, 6) is -0.230. The van der Waals surface area contributed by atoms with Gasteiger partial charge in [-0.05, 0) is 6.07 Å². The lowest BCUT2D eigenvalue weighted by Gasteiger charge is -2.27. The van der Waals surface area contributed by atoms with Crippen molar-refractivity contribution in [1.82, 2.24) is 4.98 Å². The van der Waals surface area contributed by atoms with Crippen LogP contribution in [-0.2, 0) is 4.74 Å². The summed E-state index contributed by atoms with van der Waals surface area (Å²) in [7, 11) is 0. The van der Waals surface area contributed by atoms with E-state index in [-0.39, 0.29) is 16.4 Å². The molecule has 0 spiro atoms. The number of carbonyl (C=O) groups is 1. The second-order valence-corrected chi connectivity index (χ2v) is 3.41. The summed E-state index contributed by atoms with van der Waals surface area (Å²) in [6, 6.07) is 1.19. The number of rotatable bonds is 0. The fraction of sp³-hybridized carbons (Fsp3) is 0.250. The molecule has 1 N–H and O–H groups in total. The molecular formula is C8H4ClF3N2O2. The summed E-state index contributed by atoms with van der Waals surface area (Å²) in [6.07, 6.45) is -7.11. The monoisotopic (exact) mass is 252 g/mol. The van der Waals surface area contributed by atoms with Crippen LogP contribution in [0.25, 0.3) is 0 Å². The van der Waals surface area contributed by atoms with E-state index in [2.05, 4.69) is 9.72 Å². The smallest absolute Gasteiger partial charge is 0.430 e. The molecule has 1 atom stereocenters. The molecular weight excluding hydrogens is 249 g/mol. The van der Waals surface area contributed by atoms with Gasteiger partial charge in [0.2, 0.25) is 6.10 Å². The van der Waals surface area contributed by atoms with E-state index in [1.807, 2.05) is 5.32 Å². The van der Waals surface area contributed by atoms with E-state index >= 15 is 0 Å². The highest BCUT2D eigenvalue weighted by molar-refractivity contribution is 6.31. The van der Waals surface area contributed by atoms with Gasteiger partial charge in [0, 0.05) is 6.20 Å². The van der Waals surface area contributed by atoms with E-state index in [0.717, 1.165) is 0 Å². The molecule has 0 radical (unpaired) electrons. The molecule has 0 saturated heterocycles. The fourth-order valence-corrected chi connectivity index (χ4v) is 1.57. The van der Waals surface area contributed by atoms with Gasteiger partial charge in [-0.1, -0.05) is 11.6 Å². The van der Waals surface area contributed by atoms with E-state index in [4.69, 9.17) is 11.6 Å². The third-order valence-corrected chi connectivity index (χ3v) is 2.27. The van der Waals surface area contributed by atoms with Crippen molar-refractivity contribution in [2.45, 2.75) is 12.3 Å². The van der Waals surface area contributed by atoms with Crippen LogP contribution in [0.2, 0.25) is 5.02 Å². The summed E-state index contributed by atoms with van der Waals surface area (Å²) in [5, 5.41) is 1.89. The number of ether oxygens (including phenoxy) is 1. The van der Waals surface area contributed by atoms with Crippen LogP contribution in [-0.4, -0.2) is 17.3 Å². The molecule has 0 bridgehead atoms. The zero-order valence-corrected chi connectivity index (χ0v) is 8.26. The third-order valence-electron chi connectivity index (χ3n) is 1.94. The Morgan fingerprint density at radius 2 is 2.19 bits per heavy atom. The molecule has 0 unspecified atom stereocenters.